The Morgan fingerprint density at radius 1 is 1.00 bits per heavy atom. The molecule has 8 nitrogen and oxygen atoms in total. The molecule has 1 spiro atoms. The molecule has 1 aliphatic carbocycles. The number of aliphatic hydroxyl groups excluding tert-OH is 2. The Hall–Kier alpha value is -1.22. The number of carbonyl (C=O) groups excluding carboxylic acids is 2. The van der Waals surface area contributed by atoms with Crippen molar-refractivity contribution in [2.45, 2.75) is 49.3 Å². The van der Waals surface area contributed by atoms with Crippen molar-refractivity contribution in [3.63, 3.8) is 0 Å². The SMILES string of the molecule is NC1(N)CCCCC12OC(=O)C(O)C(O)C(=O)O2. The van der Waals surface area contributed by atoms with Crippen LogP contribution < -0.4 is 11.5 Å². The van der Waals surface area contributed by atoms with Gasteiger partial charge in [0.25, 0.3) is 5.79 Å². The summed E-state index contributed by atoms with van der Waals surface area (Å²) >= 11 is 0. The van der Waals surface area contributed by atoms with Gasteiger partial charge in [0.1, 0.15) is 5.66 Å². The zero-order valence-electron chi connectivity index (χ0n) is 9.67. The highest BCUT2D eigenvalue weighted by molar-refractivity contribution is 5.87. The Morgan fingerprint density at radius 3 is 1.89 bits per heavy atom. The fourth-order valence-electron chi connectivity index (χ4n) is 2.21. The molecule has 0 amide bonds. The maximum atomic E-state index is 11.6. The Kier molecular flexibility index (Phi) is 3.06. The summed E-state index contributed by atoms with van der Waals surface area (Å²) in [5.41, 5.74) is 10.1. The standard InChI is InChI=1S/C10H16N2O6/c11-9(12)3-1-2-4-10(9)17-7(15)5(13)6(14)8(16)18-10/h5-6,13-14H,1-4,11-12H2. The van der Waals surface area contributed by atoms with E-state index >= 15 is 0 Å². The zero-order chi connectivity index (χ0) is 13.6. The summed E-state index contributed by atoms with van der Waals surface area (Å²) in [4.78, 5) is 23.1. The van der Waals surface area contributed by atoms with E-state index in [9.17, 15) is 19.8 Å². The van der Waals surface area contributed by atoms with Crippen LogP contribution in [0.1, 0.15) is 25.7 Å². The summed E-state index contributed by atoms with van der Waals surface area (Å²) in [5.74, 6) is -4.16. The van der Waals surface area contributed by atoms with Crippen LogP contribution >= 0.6 is 0 Å². The van der Waals surface area contributed by atoms with Crippen LogP contribution in [0.4, 0.5) is 0 Å². The maximum Gasteiger partial charge on any atom is 0.341 e. The second kappa shape index (κ2) is 4.16. The molecule has 8 heteroatoms. The summed E-state index contributed by atoms with van der Waals surface area (Å²) in [6.07, 6.45) is -2.25. The van der Waals surface area contributed by atoms with Crippen LogP contribution in [0.2, 0.25) is 0 Å². The van der Waals surface area contributed by atoms with Crippen LogP contribution in [-0.4, -0.2) is 45.8 Å². The first-order chi connectivity index (χ1) is 8.29. The number of hydrogen-bond donors (Lipinski definition) is 4. The second-order valence-electron chi connectivity index (χ2n) is 4.73. The van der Waals surface area contributed by atoms with Gasteiger partial charge in [-0.2, -0.15) is 0 Å². The van der Waals surface area contributed by atoms with E-state index in [1.54, 1.807) is 0 Å². The molecule has 2 atom stereocenters. The largest absolute Gasteiger partial charge is 0.417 e. The van der Waals surface area contributed by atoms with Crippen LogP contribution in [0.25, 0.3) is 0 Å². The molecule has 0 radical (unpaired) electrons. The fourth-order valence-corrected chi connectivity index (χ4v) is 2.21. The number of carbonyl (C=O) groups is 2. The number of rotatable bonds is 0. The predicted molar refractivity (Wildman–Crippen MR) is 56.5 cm³/mol. The van der Waals surface area contributed by atoms with Gasteiger partial charge in [0, 0.05) is 6.42 Å². The molecule has 102 valence electrons. The van der Waals surface area contributed by atoms with Gasteiger partial charge in [0.15, 0.2) is 12.2 Å². The van der Waals surface area contributed by atoms with Crippen LogP contribution in [0.15, 0.2) is 0 Å². The maximum absolute atomic E-state index is 11.6. The van der Waals surface area contributed by atoms with Crippen molar-refractivity contribution < 1.29 is 29.3 Å². The normalized spacial score (nSPS) is 40.0. The quantitative estimate of drug-likeness (QED) is 0.281. The predicted octanol–water partition coefficient (Wildman–Crippen LogP) is -2.31. The van der Waals surface area contributed by atoms with Gasteiger partial charge in [0.05, 0.1) is 0 Å². The third-order valence-corrected chi connectivity index (χ3v) is 3.37. The first-order valence-electron chi connectivity index (χ1n) is 5.69. The van der Waals surface area contributed by atoms with Gasteiger partial charge in [-0.15, -0.1) is 0 Å². The number of hydrogen-bond acceptors (Lipinski definition) is 8. The van der Waals surface area contributed by atoms with Crippen LogP contribution in [0.3, 0.4) is 0 Å². The van der Waals surface area contributed by atoms with Gasteiger partial charge >= 0.3 is 11.9 Å². The number of aliphatic hydroxyl groups is 2. The number of esters is 2. The average Bonchev–Trinajstić information content (AvgIpc) is 2.37. The minimum Gasteiger partial charge on any atom is -0.417 e. The number of ether oxygens (including phenoxy) is 2. The van der Waals surface area contributed by atoms with Crippen LogP contribution in [0.5, 0.6) is 0 Å². The van der Waals surface area contributed by atoms with Crippen LogP contribution in [-0.2, 0) is 19.1 Å². The first-order valence-corrected chi connectivity index (χ1v) is 5.69. The third-order valence-electron chi connectivity index (χ3n) is 3.37. The lowest BCUT2D eigenvalue weighted by Crippen LogP contribution is -2.71. The van der Waals surface area contributed by atoms with Gasteiger partial charge < -0.3 is 31.2 Å². The molecular weight excluding hydrogens is 244 g/mol. The van der Waals surface area contributed by atoms with E-state index in [1.807, 2.05) is 0 Å². The Morgan fingerprint density at radius 2 is 1.44 bits per heavy atom. The molecule has 2 rings (SSSR count). The zero-order valence-corrected chi connectivity index (χ0v) is 9.67. The highest BCUT2D eigenvalue weighted by Crippen LogP contribution is 2.38. The molecule has 1 heterocycles. The Bertz CT molecular complexity index is 361. The van der Waals surface area contributed by atoms with Crippen LogP contribution in [0, 0.1) is 0 Å². The summed E-state index contributed by atoms with van der Waals surface area (Å²) in [7, 11) is 0. The van der Waals surface area contributed by atoms with E-state index in [2.05, 4.69) is 0 Å². The Labute approximate surface area is 103 Å². The van der Waals surface area contributed by atoms with Gasteiger partial charge in [-0.25, -0.2) is 9.59 Å². The van der Waals surface area contributed by atoms with E-state index in [-0.39, 0.29) is 6.42 Å². The number of nitrogens with two attached hydrogens (primary N) is 2. The molecule has 2 unspecified atom stereocenters. The molecular formula is C10H16N2O6. The molecule has 0 bridgehead atoms. The van der Waals surface area contributed by atoms with Crippen molar-refractivity contribution in [2.24, 2.45) is 11.5 Å². The highest BCUT2D eigenvalue weighted by atomic mass is 16.7. The fraction of sp³-hybridized carbons (Fsp3) is 0.800. The summed E-state index contributed by atoms with van der Waals surface area (Å²) in [6.45, 7) is 0. The molecule has 18 heavy (non-hydrogen) atoms. The van der Waals surface area contributed by atoms with Crippen molar-refractivity contribution in [3.05, 3.63) is 0 Å². The van der Waals surface area contributed by atoms with E-state index in [0.717, 1.165) is 0 Å². The minimum absolute atomic E-state index is 0.136. The van der Waals surface area contributed by atoms with Gasteiger partial charge in [-0.05, 0) is 19.3 Å². The van der Waals surface area contributed by atoms with Gasteiger partial charge in [-0.1, -0.05) is 0 Å². The second-order valence-corrected chi connectivity index (χ2v) is 4.73. The van der Waals surface area contributed by atoms with Gasteiger partial charge in [0.2, 0.25) is 0 Å². The molecule has 0 aromatic heterocycles. The topological polar surface area (TPSA) is 145 Å². The van der Waals surface area contributed by atoms with Gasteiger partial charge in [-0.3, -0.25) is 0 Å². The summed E-state index contributed by atoms with van der Waals surface area (Å²) in [6, 6.07) is 0. The lowest BCUT2D eigenvalue weighted by Gasteiger charge is -2.45. The first kappa shape index (κ1) is 13.2. The van der Waals surface area contributed by atoms with Crippen molar-refractivity contribution in [1.29, 1.82) is 0 Å². The molecule has 0 aromatic carbocycles. The smallest absolute Gasteiger partial charge is 0.341 e. The van der Waals surface area contributed by atoms with E-state index in [4.69, 9.17) is 20.9 Å². The summed E-state index contributed by atoms with van der Waals surface area (Å²) in [5, 5.41) is 18.7. The molecule has 1 saturated heterocycles. The van der Waals surface area contributed by atoms with Crippen molar-refractivity contribution in [2.75, 3.05) is 0 Å². The van der Waals surface area contributed by atoms with Crippen molar-refractivity contribution >= 4 is 11.9 Å². The molecule has 2 aliphatic rings. The van der Waals surface area contributed by atoms with E-state index < -0.39 is 35.6 Å². The van der Waals surface area contributed by atoms with Crippen molar-refractivity contribution in [3.8, 4) is 0 Å². The Balaban J connectivity index is 2.38. The van der Waals surface area contributed by atoms with E-state index in [1.165, 1.54) is 0 Å². The lowest BCUT2D eigenvalue weighted by molar-refractivity contribution is -0.259. The molecule has 1 saturated carbocycles. The lowest BCUT2D eigenvalue weighted by atomic mass is 9.84. The average molecular weight is 260 g/mol. The van der Waals surface area contributed by atoms with E-state index in [0.29, 0.717) is 19.3 Å². The third kappa shape index (κ3) is 1.87. The molecule has 1 aliphatic heterocycles. The monoisotopic (exact) mass is 260 g/mol. The molecule has 0 aromatic rings. The highest BCUT2D eigenvalue weighted by Gasteiger charge is 2.59. The minimum atomic E-state index is -1.99. The summed E-state index contributed by atoms with van der Waals surface area (Å²) < 4.78 is 9.93. The molecule has 2 fully saturated rings. The van der Waals surface area contributed by atoms with Crippen molar-refractivity contribution in [1.82, 2.24) is 0 Å². The molecule has 6 N–H and O–H groups in total.